The summed E-state index contributed by atoms with van der Waals surface area (Å²) in [6.07, 6.45) is 4.58. The van der Waals surface area contributed by atoms with Crippen molar-refractivity contribution in [2.24, 2.45) is 0 Å². The Hall–Kier alpha value is -1.91. The second-order valence-electron chi connectivity index (χ2n) is 5.06. The van der Waals surface area contributed by atoms with Crippen molar-refractivity contribution in [2.75, 3.05) is 6.61 Å². The number of nitrogens with one attached hydrogen (secondary N) is 1. The molecule has 1 aromatic heterocycles. The summed E-state index contributed by atoms with van der Waals surface area (Å²) in [5.74, 6) is -0.177. The van der Waals surface area contributed by atoms with Crippen LogP contribution >= 0.6 is 11.6 Å². The number of rotatable bonds is 6. The average molecular weight is 319 g/mol. The van der Waals surface area contributed by atoms with Gasteiger partial charge in [-0.1, -0.05) is 30.7 Å². The summed E-state index contributed by atoms with van der Waals surface area (Å²) in [6, 6.07) is 9.16. The molecule has 0 spiro atoms. The van der Waals surface area contributed by atoms with Crippen LogP contribution in [0, 0.1) is 0 Å². The Morgan fingerprint density at radius 2 is 2.00 bits per heavy atom. The number of halogens is 1. The molecule has 1 atom stereocenters. The van der Waals surface area contributed by atoms with Gasteiger partial charge in [-0.25, -0.2) is 0 Å². The Kier molecular flexibility index (Phi) is 5.92. The van der Waals surface area contributed by atoms with Crippen LogP contribution in [-0.2, 0) is 0 Å². The summed E-state index contributed by atoms with van der Waals surface area (Å²) in [5, 5.41) is 12.6. The molecule has 1 unspecified atom stereocenters. The highest BCUT2D eigenvalue weighted by atomic mass is 35.5. The molecule has 0 fully saturated rings. The molecule has 0 bridgehead atoms. The van der Waals surface area contributed by atoms with Crippen LogP contribution in [0.3, 0.4) is 0 Å². The third-order valence-corrected chi connectivity index (χ3v) is 3.74. The molecule has 1 amide bonds. The van der Waals surface area contributed by atoms with Crippen molar-refractivity contribution in [1.82, 2.24) is 10.3 Å². The lowest BCUT2D eigenvalue weighted by Crippen LogP contribution is -2.35. The molecule has 2 rings (SSSR count). The van der Waals surface area contributed by atoms with Crippen molar-refractivity contribution in [3.05, 3.63) is 53.3 Å². The number of pyridine rings is 1. The van der Waals surface area contributed by atoms with Crippen molar-refractivity contribution in [1.29, 1.82) is 0 Å². The Bertz CT molecular complexity index is 629. The number of amides is 1. The minimum atomic E-state index is -0.177. The van der Waals surface area contributed by atoms with Crippen LogP contribution in [0.1, 0.15) is 30.1 Å². The summed E-state index contributed by atoms with van der Waals surface area (Å²) < 4.78 is 0. The molecule has 1 heterocycles. The number of aliphatic hydroxyl groups excluding tert-OH is 1. The van der Waals surface area contributed by atoms with Crippen LogP contribution in [0.2, 0.25) is 5.02 Å². The Morgan fingerprint density at radius 3 is 2.64 bits per heavy atom. The summed E-state index contributed by atoms with van der Waals surface area (Å²) in [4.78, 5) is 16.4. The lowest BCUT2D eigenvalue weighted by atomic mass is 10.1. The van der Waals surface area contributed by atoms with Gasteiger partial charge >= 0.3 is 0 Å². The smallest absolute Gasteiger partial charge is 0.253 e. The highest BCUT2D eigenvalue weighted by molar-refractivity contribution is 6.30. The normalized spacial score (nSPS) is 12.0. The number of hydrogen-bond acceptors (Lipinski definition) is 3. The summed E-state index contributed by atoms with van der Waals surface area (Å²) in [6.45, 7) is 2.03. The van der Waals surface area contributed by atoms with E-state index in [0.717, 1.165) is 17.5 Å². The van der Waals surface area contributed by atoms with E-state index in [4.69, 9.17) is 16.7 Å². The average Bonchev–Trinajstić information content (AvgIpc) is 2.55. The number of benzene rings is 1. The number of aliphatic hydroxyl groups is 1. The van der Waals surface area contributed by atoms with Crippen LogP contribution in [0.4, 0.5) is 0 Å². The van der Waals surface area contributed by atoms with E-state index in [1.165, 1.54) is 0 Å². The number of carbonyl (C=O) groups excluding carboxylic acids is 1. The van der Waals surface area contributed by atoms with Gasteiger partial charge in [0.25, 0.3) is 5.91 Å². The van der Waals surface area contributed by atoms with Crippen molar-refractivity contribution in [3.8, 4) is 11.1 Å². The molecule has 2 aromatic rings. The molecular weight excluding hydrogens is 300 g/mol. The van der Waals surface area contributed by atoms with Gasteiger partial charge in [-0.3, -0.25) is 9.78 Å². The molecule has 4 nitrogen and oxygen atoms in total. The first kappa shape index (κ1) is 16.5. The topological polar surface area (TPSA) is 62.2 Å². The first-order chi connectivity index (χ1) is 10.6. The molecule has 0 radical (unpaired) electrons. The third-order valence-electron chi connectivity index (χ3n) is 3.48. The maximum atomic E-state index is 12.3. The van der Waals surface area contributed by atoms with Gasteiger partial charge in [0.1, 0.15) is 0 Å². The monoisotopic (exact) mass is 318 g/mol. The highest BCUT2D eigenvalue weighted by Crippen LogP contribution is 2.21. The van der Waals surface area contributed by atoms with Crippen LogP contribution in [0.15, 0.2) is 42.7 Å². The molecule has 2 N–H and O–H groups in total. The number of nitrogens with zero attached hydrogens (tertiary/aromatic N) is 1. The van der Waals surface area contributed by atoms with Crippen LogP contribution in [0.5, 0.6) is 0 Å². The lowest BCUT2D eigenvalue weighted by Gasteiger charge is -2.15. The third kappa shape index (κ3) is 4.29. The maximum Gasteiger partial charge on any atom is 0.253 e. The zero-order valence-corrected chi connectivity index (χ0v) is 13.2. The van der Waals surface area contributed by atoms with Gasteiger partial charge in [-0.05, 0) is 36.6 Å². The largest absolute Gasteiger partial charge is 0.396 e. The van der Waals surface area contributed by atoms with Gasteiger partial charge in [0.15, 0.2) is 0 Å². The molecule has 0 saturated heterocycles. The van der Waals surface area contributed by atoms with E-state index >= 15 is 0 Å². The molecule has 0 aliphatic heterocycles. The first-order valence-electron chi connectivity index (χ1n) is 7.26. The van der Waals surface area contributed by atoms with Crippen LogP contribution in [-0.4, -0.2) is 28.6 Å². The summed E-state index contributed by atoms with van der Waals surface area (Å²) >= 11 is 5.88. The number of carbonyl (C=O) groups is 1. The fraction of sp³-hybridized carbons (Fsp3) is 0.294. The van der Waals surface area contributed by atoms with Crippen molar-refractivity contribution < 1.29 is 9.90 Å². The molecule has 0 aliphatic carbocycles. The minimum absolute atomic E-state index is 0.0308. The predicted octanol–water partition coefficient (Wildman–Crippen LogP) is 3.29. The number of aromatic nitrogens is 1. The highest BCUT2D eigenvalue weighted by Gasteiger charge is 2.13. The molecule has 0 aliphatic rings. The van der Waals surface area contributed by atoms with Gasteiger partial charge in [0.05, 0.1) is 5.56 Å². The van der Waals surface area contributed by atoms with E-state index in [2.05, 4.69) is 10.3 Å². The molecule has 116 valence electrons. The quantitative estimate of drug-likeness (QED) is 0.859. The lowest BCUT2D eigenvalue weighted by molar-refractivity contribution is 0.0929. The van der Waals surface area contributed by atoms with Crippen LogP contribution in [0.25, 0.3) is 11.1 Å². The number of hydrogen-bond donors (Lipinski definition) is 2. The molecule has 1 aromatic carbocycles. The van der Waals surface area contributed by atoms with Gasteiger partial charge in [-0.15, -0.1) is 0 Å². The Balaban J connectivity index is 2.17. The Morgan fingerprint density at radius 1 is 1.27 bits per heavy atom. The van der Waals surface area contributed by atoms with E-state index in [1.54, 1.807) is 30.6 Å². The summed E-state index contributed by atoms with van der Waals surface area (Å²) in [5.41, 5.74) is 2.32. The second kappa shape index (κ2) is 7.92. The van der Waals surface area contributed by atoms with Crippen LogP contribution < -0.4 is 5.32 Å². The van der Waals surface area contributed by atoms with Gasteiger partial charge < -0.3 is 10.4 Å². The van der Waals surface area contributed by atoms with E-state index < -0.39 is 0 Å². The van der Waals surface area contributed by atoms with Gasteiger partial charge in [0.2, 0.25) is 0 Å². The van der Waals surface area contributed by atoms with Gasteiger partial charge in [0, 0.05) is 35.6 Å². The van der Waals surface area contributed by atoms with E-state index in [1.807, 2.05) is 19.1 Å². The molecule has 22 heavy (non-hydrogen) atoms. The van der Waals surface area contributed by atoms with E-state index in [9.17, 15) is 4.79 Å². The van der Waals surface area contributed by atoms with E-state index in [-0.39, 0.29) is 18.6 Å². The van der Waals surface area contributed by atoms with Gasteiger partial charge in [-0.2, -0.15) is 0 Å². The maximum absolute atomic E-state index is 12.3. The fourth-order valence-electron chi connectivity index (χ4n) is 2.17. The fourth-order valence-corrected chi connectivity index (χ4v) is 2.29. The molecule has 5 heteroatoms. The zero-order valence-electron chi connectivity index (χ0n) is 12.4. The standard InChI is InChI=1S/C17H19ClN2O2/c1-2-16(7-8-21)20-17(22)14-9-13(10-19-11-14)12-3-5-15(18)6-4-12/h3-6,9-11,16,21H,2,7-8H2,1H3,(H,20,22). The summed E-state index contributed by atoms with van der Waals surface area (Å²) in [7, 11) is 0. The first-order valence-corrected chi connectivity index (χ1v) is 7.64. The minimum Gasteiger partial charge on any atom is -0.396 e. The Labute approximate surface area is 135 Å². The molecular formula is C17H19ClN2O2. The SMILES string of the molecule is CCC(CCO)NC(=O)c1cncc(-c2ccc(Cl)cc2)c1. The second-order valence-corrected chi connectivity index (χ2v) is 5.50. The van der Waals surface area contributed by atoms with Crippen molar-refractivity contribution in [3.63, 3.8) is 0 Å². The molecule has 0 saturated carbocycles. The predicted molar refractivity (Wildman–Crippen MR) is 87.9 cm³/mol. The van der Waals surface area contributed by atoms with Crippen molar-refractivity contribution in [2.45, 2.75) is 25.8 Å². The van der Waals surface area contributed by atoms with E-state index in [0.29, 0.717) is 17.0 Å². The zero-order chi connectivity index (χ0) is 15.9. The van der Waals surface area contributed by atoms with Crippen molar-refractivity contribution >= 4 is 17.5 Å².